The van der Waals surface area contributed by atoms with Gasteiger partial charge in [0, 0.05) is 39.2 Å². The fraction of sp³-hybridized carbons (Fsp3) is 0.259. The van der Waals surface area contributed by atoms with Gasteiger partial charge in [-0.05, 0) is 73.7 Å². The molecule has 4 aromatic rings. The number of benzene rings is 2. The summed E-state index contributed by atoms with van der Waals surface area (Å²) in [6, 6.07) is 10.6. The Balaban J connectivity index is 1.38. The number of fused-ring (bicyclic) bond motifs is 4. The van der Waals surface area contributed by atoms with Crippen LogP contribution in [0.1, 0.15) is 53.2 Å². The van der Waals surface area contributed by atoms with Gasteiger partial charge in [0.1, 0.15) is 17.7 Å². The first-order valence-electron chi connectivity index (χ1n) is 12.1. The molecular formula is C27H21ClFN5O3. The average Bonchev–Trinajstić information content (AvgIpc) is 3.69. The maximum atomic E-state index is 14.2. The summed E-state index contributed by atoms with van der Waals surface area (Å²) in [5.74, 6) is -1.04. The van der Waals surface area contributed by atoms with E-state index in [1.165, 1.54) is 24.5 Å². The summed E-state index contributed by atoms with van der Waals surface area (Å²) in [7, 11) is 0. The molecule has 1 unspecified atom stereocenters. The number of nitrogens with one attached hydrogen (secondary N) is 2. The Bertz CT molecular complexity index is 1610. The van der Waals surface area contributed by atoms with Crippen molar-refractivity contribution in [1.29, 1.82) is 0 Å². The van der Waals surface area contributed by atoms with Crippen LogP contribution in [-0.2, 0) is 9.53 Å². The van der Waals surface area contributed by atoms with Gasteiger partial charge in [-0.2, -0.15) is 5.10 Å². The SMILES string of the molecule is O=C1NC(c2cc(F)ccc2Cl)c2c(NC(=O)C34CCC(CC3)O4)cc(-c3ccc4ncnn4c3)cc21. The molecule has 3 aliphatic rings. The highest BCUT2D eigenvalue weighted by Crippen LogP contribution is 2.46. The second-order valence-electron chi connectivity index (χ2n) is 9.80. The van der Waals surface area contributed by atoms with Gasteiger partial charge in [-0.25, -0.2) is 13.9 Å². The molecule has 186 valence electrons. The van der Waals surface area contributed by atoms with E-state index in [2.05, 4.69) is 20.7 Å². The number of ether oxygens (including phenoxy) is 1. The number of nitrogens with zero attached hydrogens (tertiary/aromatic N) is 3. The van der Waals surface area contributed by atoms with E-state index < -0.39 is 17.5 Å². The molecule has 2 aromatic carbocycles. The van der Waals surface area contributed by atoms with Crippen LogP contribution >= 0.6 is 11.6 Å². The Labute approximate surface area is 215 Å². The predicted octanol–water partition coefficient (Wildman–Crippen LogP) is 4.67. The third kappa shape index (κ3) is 3.53. The molecule has 8 nitrogen and oxygen atoms in total. The smallest absolute Gasteiger partial charge is 0.256 e. The van der Waals surface area contributed by atoms with Gasteiger partial charge in [0.05, 0.1) is 12.1 Å². The van der Waals surface area contributed by atoms with Gasteiger partial charge in [0.25, 0.3) is 11.8 Å². The van der Waals surface area contributed by atoms with E-state index in [9.17, 15) is 14.0 Å². The molecule has 2 aromatic heterocycles. The van der Waals surface area contributed by atoms with Crippen LogP contribution in [0.5, 0.6) is 0 Å². The van der Waals surface area contributed by atoms with Crippen LogP contribution in [0.15, 0.2) is 55.0 Å². The molecule has 2 amide bonds. The minimum atomic E-state index is -0.866. The zero-order chi connectivity index (χ0) is 25.3. The lowest BCUT2D eigenvalue weighted by Crippen LogP contribution is -2.40. The molecule has 2 saturated heterocycles. The quantitative estimate of drug-likeness (QED) is 0.410. The van der Waals surface area contributed by atoms with Crippen molar-refractivity contribution in [2.75, 3.05) is 5.32 Å². The number of carbonyl (C=O) groups is 2. The Kier molecular flexibility index (Phi) is 4.90. The largest absolute Gasteiger partial charge is 0.362 e. The van der Waals surface area contributed by atoms with E-state index in [4.69, 9.17) is 16.3 Å². The molecule has 7 rings (SSSR count). The summed E-state index contributed by atoms with van der Waals surface area (Å²) in [5.41, 5.74) is 3.10. The van der Waals surface area contributed by atoms with Crippen molar-refractivity contribution in [3.63, 3.8) is 0 Å². The molecular weight excluding hydrogens is 497 g/mol. The van der Waals surface area contributed by atoms with Crippen LogP contribution in [-0.4, -0.2) is 38.1 Å². The summed E-state index contributed by atoms with van der Waals surface area (Å²) in [6.07, 6.45) is 6.40. The number of hydrogen-bond donors (Lipinski definition) is 2. The highest BCUT2D eigenvalue weighted by Gasteiger charge is 2.52. The van der Waals surface area contributed by atoms with Crippen LogP contribution in [0.4, 0.5) is 10.1 Å². The molecule has 37 heavy (non-hydrogen) atoms. The van der Waals surface area contributed by atoms with E-state index in [0.717, 1.165) is 18.4 Å². The first-order valence-corrected chi connectivity index (χ1v) is 12.5. The molecule has 0 spiro atoms. The van der Waals surface area contributed by atoms with Crippen molar-refractivity contribution < 1.29 is 18.7 Å². The van der Waals surface area contributed by atoms with Gasteiger partial charge in [-0.1, -0.05) is 11.6 Å². The summed E-state index contributed by atoms with van der Waals surface area (Å²) in [6.45, 7) is 0. The molecule has 0 saturated carbocycles. The first-order chi connectivity index (χ1) is 17.9. The highest BCUT2D eigenvalue weighted by atomic mass is 35.5. The van der Waals surface area contributed by atoms with Crippen molar-refractivity contribution in [2.24, 2.45) is 0 Å². The van der Waals surface area contributed by atoms with E-state index in [1.54, 1.807) is 10.6 Å². The fourth-order valence-corrected chi connectivity index (χ4v) is 6.02. The third-order valence-electron chi connectivity index (χ3n) is 7.66. The summed E-state index contributed by atoms with van der Waals surface area (Å²) < 4.78 is 21.9. The van der Waals surface area contributed by atoms with Crippen LogP contribution in [0, 0.1) is 5.82 Å². The van der Waals surface area contributed by atoms with Crippen LogP contribution in [0.25, 0.3) is 16.8 Å². The van der Waals surface area contributed by atoms with Gasteiger partial charge in [0.15, 0.2) is 5.65 Å². The van der Waals surface area contributed by atoms with Crippen LogP contribution in [0.2, 0.25) is 5.02 Å². The van der Waals surface area contributed by atoms with Crippen molar-refractivity contribution >= 4 is 34.7 Å². The number of carbonyl (C=O) groups excluding carboxylic acids is 2. The molecule has 2 fully saturated rings. The van der Waals surface area contributed by atoms with Crippen LogP contribution in [0.3, 0.4) is 0 Å². The maximum Gasteiger partial charge on any atom is 0.256 e. The number of aromatic nitrogens is 3. The van der Waals surface area contributed by atoms with Gasteiger partial charge >= 0.3 is 0 Å². The van der Waals surface area contributed by atoms with Gasteiger partial charge in [0.2, 0.25) is 0 Å². The first kappa shape index (κ1) is 22.4. The second-order valence-corrected chi connectivity index (χ2v) is 10.2. The third-order valence-corrected chi connectivity index (χ3v) is 8.00. The Morgan fingerprint density at radius 2 is 2.00 bits per heavy atom. The van der Waals surface area contributed by atoms with E-state index in [1.807, 2.05) is 24.4 Å². The lowest BCUT2D eigenvalue weighted by molar-refractivity contribution is -0.133. The number of amides is 2. The van der Waals surface area contributed by atoms with Gasteiger partial charge in [-0.3, -0.25) is 9.59 Å². The predicted molar refractivity (Wildman–Crippen MR) is 134 cm³/mol. The van der Waals surface area contributed by atoms with E-state index >= 15 is 0 Å². The topological polar surface area (TPSA) is 97.6 Å². The fourth-order valence-electron chi connectivity index (χ4n) is 5.79. The zero-order valence-corrected chi connectivity index (χ0v) is 20.3. The van der Waals surface area contributed by atoms with E-state index in [0.29, 0.717) is 51.5 Å². The maximum absolute atomic E-state index is 14.2. The second kappa shape index (κ2) is 8.09. The Morgan fingerprint density at radius 1 is 1.16 bits per heavy atom. The zero-order valence-electron chi connectivity index (χ0n) is 19.5. The molecule has 10 heteroatoms. The standard InChI is InChI=1S/C27H21ClFN5O3/c28-20-3-2-16(29)11-18(20)24-23-19(25(35)33-24)9-15(14-1-4-22-30-13-31-34(22)12-14)10-21(23)32-26(36)27-7-5-17(37-27)6-8-27/h1-4,9-13,17,24H,5-8H2,(H,32,36)(H,33,35). The lowest BCUT2D eigenvalue weighted by atomic mass is 9.87. The highest BCUT2D eigenvalue weighted by molar-refractivity contribution is 6.31. The molecule has 0 aliphatic carbocycles. The number of hydrogen-bond acceptors (Lipinski definition) is 5. The van der Waals surface area contributed by atoms with Crippen molar-refractivity contribution in [2.45, 2.75) is 43.4 Å². The molecule has 2 N–H and O–H groups in total. The van der Waals surface area contributed by atoms with Crippen molar-refractivity contribution in [3.8, 4) is 11.1 Å². The minimum absolute atomic E-state index is 0.110. The number of halogens is 2. The molecule has 2 bridgehead atoms. The Morgan fingerprint density at radius 3 is 2.78 bits per heavy atom. The van der Waals surface area contributed by atoms with Crippen molar-refractivity contribution in [3.05, 3.63) is 82.5 Å². The molecule has 5 heterocycles. The number of anilines is 1. The van der Waals surface area contributed by atoms with E-state index in [-0.39, 0.29) is 17.9 Å². The Hall–Kier alpha value is -3.82. The average molecular weight is 518 g/mol. The van der Waals surface area contributed by atoms with Gasteiger partial charge in [-0.15, -0.1) is 0 Å². The molecule has 1 atom stereocenters. The summed E-state index contributed by atoms with van der Waals surface area (Å²) in [5, 5.41) is 10.5. The minimum Gasteiger partial charge on any atom is -0.362 e. The van der Waals surface area contributed by atoms with Crippen molar-refractivity contribution in [1.82, 2.24) is 19.9 Å². The molecule has 3 aliphatic heterocycles. The van der Waals surface area contributed by atoms with Crippen LogP contribution < -0.4 is 10.6 Å². The lowest BCUT2D eigenvalue weighted by Gasteiger charge is -2.25. The monoisotopic (exact) mass is 517 g/mol. The van der Waals surface area contributed by atoms with Gasteiger partial charge < -0.3 is 15.4 Å². The number of rotatable bonds is 4. The summed E-state index contributed by atoms with van der Waals surface area (Å²) in [4.78, 5) is 31.0. The number of pyridine rings is 1. The molecule has 0 radical (unpaired) electrons. The summed E-state index contributed by atoms with van der Waals surface area (Å²) >= 11 is 6.43. The normalized spacial score (nSPS) is 23.9.